The molecule has 2 aromatic carbocycles. The molecule has 124 valence electrons. The SMILES string of the molecule is CNC(=O)c1cccc(NC(=O)C2CC2c2ccc(Br)cc2)c1C. The Hall–Kier alpha value is -2.14. The molecule has 0 spiro atoms. The van der Waals surface area contributed by atoms with E-state index in [4.69, 9.17) is 0 Å². The van der Waals surface area contributed by atoms with Gasteiger partial charge < -0.3 is 10.6 Å². The molecule has 2 aromatic rings. The minimum absolute atomic E-state index is 0.00534. The van der Waals surface area contributed by atoms with Crippen LogP contribution in [0.25, 0.3) is 0 Å². The van der Waals surface area contributed by atoms with Crippen molar-refractivity contribution in [3.05, 3.63) is 63.6 Å². The van der Waals surface area contributed by atoms with Gasteiger partial charge in [-0.05, 0) is 54.7 Å². The topological polar surface area (TPSA) is 58.2 Å². The van der Waals surface area contributed by atoms with Crippen LogP contribution in [0, 0.1) is 12.8 Å². The highest BCUT2D eigenvalue weighted by Gasteiger charge is 2.44. The Morgan fingerprint density at radius 1 is 1.12 bits per heavy atom. The number of carbonyl (C=O) groups excluding carboxylic acids is 2. The van der Waals surface area contributed by atoms with Crippen LogP contribution >= 0.6 is 15.9 Å². The van der Waals surface area contributed by atoms with Gasteiger partial charge in [-0.1, -0.05) is 34.1 Å². The summed E-state index contributed by atoms with van der Waals surface area (Å²) in [6, 6.07) is 13.5. The Morgan fingerprint density at radius 3 is 2.50 bits per heavy atom. The molecule has 0 radical (unpaired) electrons. The van der Waals surface area contributed by atoms with Crippen molar-refractivity contribution in [1.82, 2.24) is 5.32 Å². The maximum Gasteiger partial charge on any atom is 0.251 e. The number of anilines is 1. The lowest BCUT2D eigenvalue weighted by atomic mass is 10.1. The van der Waals surface area contributed by atoms with Gasteiger partial charge in [-0.2, -0.15) is 0 Å². The van der Waals surface area contributed by atoms with E-state index < -0.39 is 0 Å². The van der Waals surface area contributed by atoms with Gasteiger partial charge in [-0.3, -0.25) is 9.59 Å². The average Bonchev–Trinajstić information content (AvgIpc) is 3.37. The number of benzene rings is 2. The quantitative estimate of drug-likeness (QED) is 0.837. The molecule has 0 heterocycles. The molecule has 0 aromatic heterocycles. The molecule has 2 atom stereocenters. The molecule has 0 saturated heterocycles. The fourth-order valence-electron chi connectivity index (χ4n) is 2.94. The first-order chi connectivity index (χ1) is 11.5. The molecule has 2 N–H and O–H groups in total. The van der Waals surface area contributed by atoms with Crippen molar-refractivity contribution in [3.63, 3.8) is 0 Å². The number of amides is 2. The first kappa shape index (κ1) is 16.7. The fourth-order valence-corrected chi connectivity index (χ4v) is 3.20. The van der Waals surface area contributed by atoms with Gasteiger partial charge in [-0.15, -0.1) is 0 Å². The van der Waals surface area contributed by atoms with Crippen LogP contribution in [0.4, 0.5) is 5.69 Å². The van der Waals surface area contributed by atoms with Gasteiger partial charge in [0.25, 0.3) is 5.91 Å². The molecule has 2 unspecified atom stereocenters. The third-order valence-corrected chi connectivity index (χ3v) is 5.02. The highest BCUT2D eigenvalue weighted by Crippen LogP contribution is 2.48. The van der Waals surface area contributed by atoms with Crippen LogP contribution in [-0.4, -0.2) is 18.9 Å². The maximum atomic E-state index is 12.5. The zero-order valence-electron chi connectivity index (χ0n) is 13.6. The number of nitrogens with one attached hydrogen (secondary N) is 2. The van der Waals surface area contributed by atoms with Crippen LogP contribution < -0.4 is 10.6 Å². The van der Waals surface area contributed by atoms with Gasteiger partial charge in [0.05, 0.1) is 0 Å². The first-order valence-corrected chi connectivity index (χ1v) is 8.68. The third kappa shape index (κ3) is 3.36. The zero-order chi connectivity index (χ0) is 17.3. The van der Waals surface area contributed by atoms with E-state index in [1.54, 1.807) is 19.2 Å². The van der Waals surface area contributed by atoms with Crippen molar-refractivity contribution < 1.29 is 9.59 Å². The van der Waals surface area contributed by atoms with Gasteiger partial charge in [0.2, 0.25) is 5.91 Å². The molecule has 1 aliphatic rings. The lowest BCUT2D eigenvalue weighted by Gasteiger charge is -2.12. The number of halogens is 1. The van der Waals surface area contributed by atoms with Crippen LogP contribution in [0.5, 0.6) is 0 Å². The average molecular weight is 387 g/mol. The summed E-state index contributed by atoms with van der Waals surface area (Å²) in [5.74, 6) is 0.137. The van der Waals surface area contributed by atoms with Crippen LogP contribution in [0.1, 0.15) is 33.8 Å². The van der Waals surface area contributed by atoms with Gasteiger partial charge in [0.1, 0.15) is 0 Å². The standard InChI is InChI=1S/C19H19BrN2O2/c1-11-14(18(23)21-2)4-3-5-17(11)22-19(24)16-10-15(16)12-6-8-13(20)9-7-12/h3-9,15-16H,10H2,1-2H3,(H,21,23)(H,22,24). The summed E-state index contributed by atoms with van der Waals surface area (Å²) in [7, 11) is 1.60. The van der Waals surface area contributed by atoms with Gasteiger partial charge in [0, 0.05) is 28.7 Å². The summed E-state index contributed by atoms with van der Waals surface area (Å²) in [5, 5.41) is 5.59. The second-order valence-electron chi connectivity index (χ2n) is 6.05. The molecule has 1 fully saturated rings. The van der Waals surface area contributed by atoms with Crippen molar-refractivity contribution in [2.45, 2.75) is 19.3 Å². The summed E-state index contributed by atoms with van der Waals surface area (Å²) in [6.07, 6.45) is 0.863. The molecule has 24 heavy (non-hydrogen) atoms. The molecule has 0 aliphatic heterocycles. The molecule has 1 saturated carbocycles. The zero-order valence-corrected chi connectivity index (χ0v) is 15.2. The Morgan fingerprint density at radius 2 is 1.83 bits per heavy atom. The Kier molecular flexibility index (Phi) is 4.71. The molecule has 1 aliphatic carbocycles. The largest absolute Gasteiger partial charge is 0.355 e. The van der Waals surface area contributed by atoms with Crippen LogP contribution in [0.2, 0.25) is 0 Å². The van der Waals surface area contributed by atoms with E-state index in [0.29, 0.717) is 11.3 Å². The number of hydrogen-bond acceptors (Lipinski definition) is 2. The summed E-state index contributed by atoms with van der Waals surface area (Å²) < 4.78 is 1.04. The Balaban J connectivity index is 1.70. The smallest absolute Gasteiger partial charge is 0.251 e. The minimum Gasteiger partial charge on any atom is -0.355 e. The molecular formula is C19H19BrN2O2. The molecule has 2 amide bonds. The van der Waals surface area contributed by atoms with Crippen LogP contribution in [0.3, 0.4) is 0 Å². The Bertz CT molecular complexity index is 786. The number of hydrogen-bond donors (Lipinski definition) is 2. The predicted molar refractivity (Wildman–Crippen MR) is 98.2 cm³/mol. The van der Waals surface area contributed by atoms with Crippen molar-refractivity contribution in [3.8, 4) is 0 Å². The van der Waals surface area contributed by atoms with E-state index >= 15 is 0 Å². The molecule has 0 bridgehead atoms. The summed E-state index contributed by atoms with van der Waals surface area (Å²) in [5.41, 5.74) is 3.25. The van der Waals surface area contributed by atoms with E-state index in [0.717, 1.165) is 16.5 Å². The van der Waals surface area contributed by atoms with Gasteiger partial charge in [0.15, 0.2) is 0 Å². The first-order valence-electron chi connectivity index (χ1n) is 7.89. The summed E-state index contributed by atoms with van der Waals surface area (Å²) in [4.78, 5) is 24.4. The highest BCUT2D eigenvalue weighted by atomic mass is 79.9. The van der Waals surface area contributed by atoms with Crippen molar-refractivity contribution in [2.24, 2.45) is 5.92 Å². The van der Waals surface area contributed by atoms with E-state index in [1.807, 2.05) is 25.1 Å². The monoisotopic (exact) mass is 386 g/mol. The molecule has 3 rings (SSSR count). The normalized spacial score (nSPS) is 18.8. The van der Waals surface area contributed by atoms with Crippen LogP contribution in [0.15, 0.2) is 46.9 Å². The molecule has 4 nitrogen and oxygen atoms in total. The fraction of sp³-hybridized carbons (Fsp3) is 0.263. The van der Waals surface area contributed by atoms with E-state index in [-0.39, 0.29) is 23.7 Å². The van der Waals surface area contributed by atoms with E-state index in [1.165, 1.54) is 5.56 Å². The third-order valence-electron chi connectivity index (χ3n) is 4.49. The van der Waals surface area contributed by atoms with E-state index in [9.17, 15) is 9.59 Å². The van der Waals surface area contributed by atoms with Gasteiger partial charge >= 0.3 is 0 Å². The Labute approximate surface area is 149 Å². The second-order valence-corrected chi connectivity index (χ2v) is 6.96. The minimum atomic E-state index is -0.150. The lowest BCUT2D eigenvalue weighted by molar-refractivity contribution is -0.117. The molecule has 5 heteroatoms. The number of carbonyl (C=O) groups is 2. The number of rotatable bonds is 4. The highest BCUT2D eigenvalue weighted by molar-refractivity contribution is 9.10. The second kappa shape index (κ2) is 6.77. The van der Waals surface area contributed by atoms with Crippen molar-refractivity contribution in [1.29, 1.82) is 0 Å². The summed E-state index contributed by atoms with van der Waals surface area (Å²) in [6.45, 7) is 1.85. The lowest BCUT2D eigenvalue weighted by Crippen LogP contribution is -2.21. The van der Waals surface area contributed by atoms with Gasteiger partial charge in [-0.25, -0.2) is 0 Å². The van der Waals surface area contributed by atoms with Crippen molar-refractivity contribution in [2.75, 3.05) is 12.4 Å². The maximum absolute atomic E-state index is 12.5. The van der Waals surface area contributed by atoms with E-state index in [2.05, 4.69) is 38.7 Å². The molecular weight excluding hydrogens is 368 g/mol. The van der Waals surface area contributed by atoms with Crippen LogP contribution in [-0.2, 0) is 4.79 Å². The predicted octanol–water partition coefficient (Wildman–Crippen LogP) is 3.86. The van der Waals surface area contributed by atoms with Crippen molar-refractivity contribution >= 4 is 33.4 Å². The summed E-state index contributed by atoms with van der Waals surface area (Å²) >= 11 is 3.42.